The van der Waals surface area contributed by atoms with Crippen LogP contribution in [-0.4, -0.2) is 27.7 Å². The van der Waals surface area contributed by atoms with E-state index in [4.69, 9.17) is 4.74 Å². The highest BCUT2D eigenvalue weighted by Crippen LogP contribution is 2.32. The minimum absolute atomic E-state index is 0.00609. The molecular weight excluding hydrogens is 351 g/mol. The minimum atomic E-state index is -3.03. The van der Waals surface area contributed by atoms with E-state index in [0.717, 1.165) is 0 Å². The number of aromatic nitrogens is 3. The number of alkyl halides is 2. The number of nitrogens with zero attached hydrogens (tertiary/aromatic N) is 3. The number of halogens is 3. The Balaban J connectivity index is 1.99. The van der Waals surface area contributed by atoms with Gasteiger partial charge in [0, 0.05) is 23.5 Å². The van der Waals surface area contributed by atoms with Crippen LogP contribution in [0.5, 0.6) is 0 Å². The van der Waals surface area contributed by atoms with Gasteiger partial charge in [-0.2, -0.15) is 0 Å². The number of hydrogen-bond acceptors (Lipinski definition) is 6. The number of carbonyl (C=O) groups is 1. The van der Waals surface area contributed by atoms with Gasteiger partial charge in [-0.25, -0.2) is 27.9 Å². The number of carbonyl (C=O) groups excluding carboxylic acids is 1. The maximum atomic E-state index is 13.1. The van der Waals surface area contributed by atoms with Crippen molar-refractivity contribution in [3.05, 3.63) is 53.8 Å². The molecule has 134 valence electrons. The standard InChI is InChI=1S/C17H12F3N3O3/c1-2-25-17(24)12-13(23-26-14(12)15(19)20)10-7-21-16(22-8-10)9-3-5-11(18)6-4-9/h3-8,15H,2H2,1H3. The molecule has 0 aliphatic rings. The first-order valence-electron chi connectivity index (χ1n) is 7.54. The van der Waals surface area contributed by atoms with Gasteiger partial charge in [0.15, 0.2) is 5.82 Å². The normalized spacial score (nSPS) is 11.0. The van der Waals surface area contributed by atoms with E-state index in [-0.39, 0.29) is 17.9 Å². The Bertz CT molecular complexity index is 909. The molecular formula is C17H12F3N3O3. The van der Waals surface area contributed by atoms with Crippen LogP contribution in [0.2, 0.25) is 0 Å². The zero-order valence-corrected chi connectivity index (χ0v) is 13.4. The van der Waals surface area contributed by atoms with Crippen molar-refractivity contribution in [2.45, 2.75) is 13.3 Å². The van der Waals surface area contributed by atoms with Crippen LogP contribution < -0.4 is 0 Å². The lowest BCUT2D eigenvalue weighted by Gasteiger charge is -2.04. The predicted octanol–water partition coefficient (Wildman–Crippen LogP) is 4.05. The quantitative estimate of drug-likeness (QED) is 0.637. The smallest absolute Gasteiger partial charge is 0.344 e. The van der Waals surface area contributed by atoms with E-state index in [9.17, 15) is 18.0 Å². The molecule has 26 heavy (non-hydrogen) atoms. The van der Waals surface area contributed by atoms with Gasteiger partial charge in [0.1, 0.15) is 17.1 Å². The predicted molar refractivity (Wildman–Crippen MR) is 83.8 cm³/mol. The van der Waals surface area contributed by atoms with Gasteiger partial charge in [0.05, 0.1) is 6.61 Å². The second kappa shape index (κ2) is 7.34. The van der Waals surface area contributed by atoms with Crippen LogP contribution in [0.15, 0.2) is 41.2 Å². The lowest BCUT2D eigenvalue weighted by atomic mass is 10.1. The van der Waals surface area contributed by atoms with Crippen molar-refractivity contribution in [2.75, 3.05) is 6.61 Å². The fraction of sp³-hybridized carbons (Fsp3) is 0.176. The third-order valence-electron chi connectivity index (χ3n) is 3.42. The van der Waals surface area contributed by atoms with E-state index in [2.05, 4.69) is 19.6 Å². The largest absolute Gasteiger partial charge is 0.462 e. The van der Waals surface area contributed by atoms with Crippen LogP contribution in [0.1, 0.15) is 29.5 Å². The molecule has 0 unspecified atom stereocenters. The van der Waals surface area contributed by atoms with Gasteiger partial charge >= 0.3 is 5.97 Å². The number of benzene rings is 1. The van der Waals surface area contributed by atoms with Gasteiger partial charge in [-0.05, 0) is 31.2 Å². The lowest BCUT2D eigenvalue weighted by molar-refractivity contribution is 0.0506. The molecule has 0 amide bonds. The van der Waals surface area contributed by atoms with E-state index in [1.807, 2.05) is 0 Å². The van der Waals surface area contributed by atoms with Gasteiger partial charge in [-0.1, -0.05) is 5.16 Å². The average Bonchev–Trinajstić information content (AvgIpc) is 3.08. The first kappa shape index (κ1) is 17.6. The molecule has 1 aromatic carbocycles. The monoisotopic (exact) mass is 363 g/mol. The van der Waals surface area contributed by atoms with Crippen LogP contribution in [0.3, 0.4) is 0 Å². The van der Waals surface area contributed by atoms with Crippen LogP contribution in [0.25, 0.3) is 22.6 Å². The summed E-state index contributed by atoms with van der Waals surface area (Å²) in [5.74, 6) is -1.95. The van der Waals surface area contributed by atoms with Crippen molar-refractivity contribution in [2.24, 2.45) is 0 Å². The number of rotatable bonds is 5. The number of hydrogen-bond donors (Lipinski definition) is 0. The molecule has 0 spiro atoms. The first-order chi connectivity index (χ1) is 12.5. The first-order valence-corrected chi connectivity index (χ1v) is 7.54. The minimum Gasteiger partial charge on any atom is -0.462 e. The summed E-state index contributed by atoms with van der Waals surface area (Å²) in [6.45, 7) is 1.56. The van der Waals surface area contributed by atoms with Crippen molar-refractivity contribution < 1.29 is 27.2 Å². The van der Waals surface area contributed by atoms with Gasteiger partial charge in [0.2, 0.25) is 5.76 Å². The van der Waals surface area contributed by atoms with Crippen molar-refractivity contribution in [3.8, 4) is 22.6 Å². The van der Waals surface area contributed by atoms with E-state index >= 15 is 0 Å². The maximum Gasteiger partial charge on any atom is 0.344 e. The van der Waals surface area contributed by atoms with Crippen LogP contribution in [-0.2, 0) is 4.74 Å². The molecule has 2 heterocycles. The Morgan fingerprint density at radius 2 is 1.81 bits per heavy atom. The lowest BCUT2D eigenvalue weighted by Crippen LogP contribution is -2.08. The highest BCUT2D eigenvalue weighted by Gasteiger charge is 2.30. The van der Waals surface area contributed by atoms with E-state index in [1.54, 1.807) is 6.92 Å². The molecule has 9 heteroatoms. The Labute approximate surface area is 145 Å². The third-order valence-corrected chi connectivity index (χ3v) is 3.42. The van der Waals surface area contributed by atoms with Crippen molar-refractivity contribution in [1.29, 1.82) is 0 Å². The van der Waals surface area contributed by atoms with Crippen LogP contribution in [0, 0.1) is 5.82 Å². The summed E-state index contributed by atoms with van der Waals surface area (Å²) in [6, 6.07) is 5.52. The SMILES string of the molecule is CCOC(=O)c1c(-c2cnc(-c3ccc(F)cc3)nc2)noc1C(F)F. The molecule has 3 aromatic rings. The fourth-order valence-corrected chi connectivity index (χ4v) is 2.25. The molecule has 0 saturated carbocycles. The molecule has 3 rings (SSSR count). The Morgan fingerprint density at radius 1 is 1.15 bits per heavy atom. The summed E-state index contributed by atoms with van der Waals surface area (Å²) < 4.78 is 48.5. The van der Waals surface area contributed by atoms with Crippen molar-refractivity contribution in [1.82, 2.24) is 15.1 Å². The maximum absolute atomic E-state index is 13.1. The van der Waals surface area contributed by atoms with Gasteiger partial charge < -0.3 is 9.26 Å². The summed E-state index contributed by atoms with van der Waals surface area (Å²) in [5, 5.41) is 3.54. The molecule has 0 saturated heterocycles. The molecule has 0 bridgehead atoms. The molecule has 0 fully saturated rings. The Kier molecular flexibility index (Phi) is 4.97. The van der Waals surface area contributed by atoms with E-state index < -0.39 is 29.5 Å². The summed E-state index contributed by atoms with van der Waals surface area (Å²) >= 11 is 0. The molecule has 0 aliphatic carbocycles. The Morgan fingerprint density at radius 3 is 2.38 bits per heavy atom. The fourth-order valence-electron chi connectivity index (χ4n) is 2.25. The molecule has 6 nitrogen and oxygen atoms in total. The van der Waals surface area contributed by atoms with Gasteiger partial charge in [0.25, 0.3) is 6.43 Å². The zero-order chi connectivity index (χ0) is 18.7. The Hall–Kier alpha value is -3.23. The molecule has 0 aliphatic heterocycles. The third kappa shape index (κ3) is 3.41. The second-order valence-electron chi connectivity index (χ2n) is 5.09. The summed E-state index contributed by atoms with van der Waals surface area (Å²) in [5.41, 5.74) is 0.177. The second-order valence-corrected chi connectivity index (χ2v) is 5.09. The molecule has 0 radical (unpaired) electrons. The van der Waals surface area contributed by atoms with Gasteiger partial charge in [-0.3, -0.25) is 0 Å². The molecule has 0 N–H and O–H groups in total. The van der Waals surface area contributed by atoms with Crippen molar-refractivity contribution in [3.63, 3.8) is 0 Å². The average molecular weight is 363 g/mol. The zero-order valence-electron chi connectivity index (χ0n) is 13.4. The summed E-state index contributed by atoms with van der Waals surface area (Å²) in [4.78, 5) is 20.2. The molecule has 0 atom stereocenters. The van der Waals surface area contributed by atoms with Gasteiger partial charge in [-0.15, -0.1) is 0 Å². The van der Waals surface area contributed by atoms with Crippen LogP contribution >= 0.6 is 0 Å². The van der Waals surface area contributed by atoms with Crippen LogP contribution in [0.4, 0.5) is 13.2 Å². The highest BCUT2D eigenvalue weighted by molar-refractivity contribution is 5.97. The van der Waals surface area contributed by atoms with E-state index in [1.165, 1.54) is 36.7 Å². The highest BCUT2D eigenvalue weighted by atomic mass is 19.3. The molecule has 2 aromatic heterocycles. The summed E-state index contributed by atoms with van der Waals surface area (Å²) in [7, 11) is 0. The number of esters is 1. The topological polar surface area (TPSA) is 78.1 Å². The van der Waals surface area contributed by atoms with Crippen molar-refractivity contribution >= 4 is 5.97 Å². The number of ether oxygens (including phenoxy) is 1. The van der Waals surface area contributed by atoms with E-state index in [0.29, 0.717) is 11.4 Å². The summed E-state index contributed by atoms with van der Waals surface area (Å²) in [6.07, 6.45) is -0.418.